The third-order valence-corrected chi connectivity index (χ3v) is 3.90. The zero-order chi connectivity index (χ0) is 11.6. The summed E-state index contributed by atoms with van der Waals surface area (Å²) in [5.74, 6) is -0.439. The van der Waals surface area contributed by atoms with Gasteiger partial charge in [0.15, 0.2) is 9.84 Å². The molecule has 0 radical (unpaired) electrons. The van der Waals surface area contributed by atoms with E-state index in [4.69, 9.17) is 0 Å². The summed E-state index contributed by atoms with van der Waals surface area (Å²) < 4.78 is 22.7. The van der Waals surface area contributed by atoms with Gasteiger partial charge in [0.2, 0.25) is 5.91 Å². The minimum Gasteiger partial charge on any atom is -0.350 e. The number of nitrogens with one attached hydrogen (secondary N) is 1. The molecule has 0 aromatic rings. The van der Waals surface area contributed by atoms with E-state index in [1.54, 1.807) is 0 Å². The number of sulfone groups is 1. The Morgan fingerprint density at radius 3 is 2.07 bits per heavy atom. The molecule has 1 atom stereocenters. The van der Waals surface area contributed by atoms with Crippen molar-refractivity contribution >= 4 is 15.7 Å². The normalized spacial score (nSPS) is 14.9. The molecule has 0 aromatic carbocycles. The Hall–Kier alpha value is -0.580. The summed E-state index contributed by atoms with van der Waals surface area (Å²) in [5, 5.41) is 1.68. The highest BCUT2D eigenvalue weighted by Crippen LogP contribution is 2.05. The van der Waals surface area contributed by atoms with Crippen molar-refractivity contribution in [2.24, 2.45) is 0 Å². The van der Waals surface area contributed by atoms with Crippen LogP contribution in [0.2, 0.25) is 0 Å². The fourth-order valence-corrected chi connectivity index (χ4v) is 1.77. The van der Waals surface area contributed by atoms with Crippen molar-refractivity contribution in [1.29, 1.82) is 0 Å². The maximum Gasteiger partial charge on any atom is 0.238 e. The maximum atomic E-state index is 11.5. The van der Waals surface area contributed by atoms with Gasteiger partial charge >= 0.3 is 0 Å². The van der Waals surface area contributed by atoms with Gasteiger partial charge in [0.1, 0.15) is 5.25 Å². The summed E-state index contributed by atoms with van der Waals surface area (Å²) in [7, 11) is -3.28. The van der Waals surface area contributed by atoms with E-state index in [2.05, 4.69) is 5.32 Å². The van der Waals surface area contributed by atoms with Gasteiger partial charge in [-0.15, -0.1) is 0 Å². The van der Waals surface area contributed by atoms with Crippen LogP contribution in [0.4, 0.5) is 0 Å². The van der Waals surface area contributed by atoms with Crippen LogP contribution in [0.5, 0.6) is 0 Å². The molecule has 5 heteroatoms. The molecule has 0 unspecified atom stereocenters. The molecule has 14 heavy (non-hydrogen) atoms. The second-order valence-electron chi connectivity index (χ2n) is 4.33. The minimum atomic E-state index is -3.28. The minimum absolute atomic E-state index is 0.00820. The van der Waals surface area contributed by atoms with Crippen LogP contribution in [0.1, 0.15) is 34.6 Å². The summed E-state index contributed by atoms with van der Waals surface area (Å²) in [4.78, 5) is 11.5. The Morgan fingerprint density at radius 2 is 1.79 bits per heavy atom. The topological polar surface area (TPSA) is 63.2 Å². The first-order valence-corrected chi connectivity index (χ1v) is 6.35. The lowest BCUT2D eigenvalue weighted by Gasteiger charge is -2.22. The predicted molar refractivity (Wildman–Crippen MR) is 56.8 cm³/mol. The first-order valence-electron chi connectivity index (χ1n) is 4.63. The average Bonchev–Trinajstić information content (AvgIpc) is 2.00. The number of carbonyl (C=O) groups is 1. The Bertz CT molecular complexity index is 301. The standard InChI is InChI=1S/C9H19NO3S/c1-6-14(12,13)7(2)8(11)10-9(3,4)5/h7H,6H2,1-5H3,(H,10,11)/t7-/m0/s1. The molecule has 0 aliphatic carbocycles. The predicted octanol–water partition coefficient (Wildman–Crippen LogP) is 0.724. The third kappa shape index (κ3) is 4.09. The highest BCUT2D eigenvalue weighted by atomic mass is 32.2. The first-order chi connectivity index (χ1) is 6.10. The maximum absolute atomic E-state index is 11.5. The van der Waals surface area contributed by atoms with Gasteiger partial charge < -0.3 is 5.32 Å². The third-order valence-electron chi connectivity index (χ3n) is 1.81. The highest BCUT2D eigenvalue weighted by molar-refractivity contribution is 7.92. The number of carbonyl (C=O) groups excluding carboxylic acids is 1. The molecule has 0 heterocycles. The largest absolute Gasteiger partial charge is 0.350 e. The van der Waals surface area contributed by atoms with Crippen molar-refractivity contribution in [1.82, 2.24) is 5.32 Å². The van der Waals surface area contributed by atoms with E-state index in [0.717, 1.165) is 0 Å². The summed E-state index contributed by atoms with van der Waals surface area (Å²) in [6, 6.07) is 0. The van der Waals surface area contributed by atoms with Crippen molar-refractivity contribution in [3.05, 3.63) is 0 Å². The van der Waals surface area contributed by atoms with Gasteiger partial charge in [-0.25, -0.2) is 8.42 Å². The van der Waals surface area contributed by atoms with Gasteiger partial charge in [0, 0.05) is 11.3 Å². The Labute approximate surface area is 86.0 Å². The zero-order valence-electron chi connectivity index (χ0n) is 9.42. The molecular weight excluding hydrogens is 202 g/mol. The highest BCUT2D eigenvalue weighted by Gasteiger charge is 2.28. The SMILES string of the molecule is CCS(=O)(=O)[C@@H](C)C(=O)NC(C)(C)C. The molecule has 0 aromatic heterocycles. The molecule has 0 aliphatic heterocycles. The van der Waals surface area contributed by atoms with Gasteiger partial charge in [-0.2, -0.15) is 0 Å². The molecule has 0 saturated heterocycles. The summed E-state index contributed by atoms with van der Waals surface area (Å²) in [6.07, 6.45) is 0. The number of rotatable bonds is 3. The quantitative estimate of drug-likeness (QED) is 0.764. The number of amides is 1. The van der Waals surface area contributed by atoms with Gasteiger partial charge in [-0.1, -0.05) is 6.92 Å². The van der Waals surface area contributed by atoms with E-state index in [1.165, 1.54) is 13.8 Å². The Balaban J connectivity index is 4.58. The molecule has 0 bridgehead atoms. The van der Waals surface area contributed by atoms with E-state index < -0.39 is 26.5 Å². The zero-order valence-corrected chi connectivity index (χ0v) is 10.2. The van der Waals surface area contributed by atoms with E-state index in [9.17, 15) is 13.2 Å². The molecule has 1 N–H and O–H groups in total. The van der Waals surface area contributed by atoms with Crippen LogP contribution >= 0.6 is 0 Å². The number of hydrogen-bond donors (Lipinski definition) is 1. The lowest BCUT2D eigenvalue weighted by Crippen LogP contribution is -2.47. The summed E-state index contributed by atoms with van der Waals surface area (Å²) in [5.41, 5.74) is -0.394. The van der Waals surface area contributed by atoms with Gasteiger partial charge in [-0.05, 0) is 27.7 Å². The first kappa shape index (κ1) is 13.4. The van der Waals surface area contributed by atoms with Crippen LogP contribution in [0.3, 0.4) is 0 Å². The fourth-order valence-electron chi connectivity index (χ4n) is 0.884. The Morgan fingerprint density at radius 1 is 1.36 bits per heavy atom. The lowest BCUT2D eigenvalue weighted by molar-refractivity contribution is -0.121. The average molecular weight is 221 g/mol. The van der Waals surface area contributed by atoms with E-state index in [1.807, 2.05) is 20.8 Å². The van der Waals surface area contributed by atoms with Crippen LogP contribution < -0.4 is 5.32 Å². The van der Waals surface area contributed by atoms with E-state index >= 15 is 0 Å². The van der Waals surface area contributed by atoms with Gasteiger partial charge in [0.25, 0.3) is 0 Å². The summed E-state index contributed by atoms with van der Waals surface area (Å²) in [6.45, 7) is 8.40. The molecular formula is C9H19NO3S. The van der Waals surface area contributed by atoms with Gasteiger partial charge in [0.05, 0.1) is 0 Å². The smallest absolute Gasteiger partial charge is 0.238 e. The van der Waals surface area contributed by atoms with Crippen LogP contribution in [0.15, 0.2) is 0 Å². The second-order valence-corrected chi connectivity index (χ2v) is 6.94. The van der Waals surface area contributed by atoms with Crippen LogP contribution in [0.25, 0.3) is 0 Å². The molecule has 0 spiro atoms. The van der Waals surface area contributed by atoms with Crippen molar-refractivity contribution in [3.8, 4) is 0 Å². The molecule has 0 fully saturated rings. The van der Waals surface area contributed by atoms with Crippen molar-refractivity contribution in [3.63, 3.8) is 0 Å². The van der Waals surface area contributed by atoms with E-state index in [-0.39, 0.29) is 5.75 Å². The monoisotopic (exact) mass is 221 g/mol. The molecule has 0 rings (SSSR count). The summed E-state index contributed by atoms with van der Waals surface area (Å²) >= 11 is 0. The number of hydrogen-bond acceptors (Lipinski definition) is 3. The van der Waals surface area contributed by atoms with Crippen molar-refractivity contribution in [2.75, 3.05) is 5.75 Å². The molecule has 0 saturated carbocycles. The Kier molecular flexibility index (Phi) is 4.12. The fraction of sp³-hybridized carbons (Fsp3) is 0.889. The van der Waals surface area contributed by atoms with Crippen LogP contribution in [-0.4, -0.2) is 30.9 Å². The molecule has 4 nitrogen and oxygen atoms in total. The molecule has 1 amide bonds. The van der Waals surface area contributed by atoms with Crippen molar-refractivity contribution < 1.29 is 13.2 Å². The van der Waals surface area contributed by atoms with Crippen LogP contribution in [0, 0.1) is 0 Å². The van der Waals surface area contributed by atoms with Crippen LogP contribution in [-0.2, 0) is 14.6 Å². The molecule has 0 aliphatic rings. The van der Waals surface area contributed by atoms with Crippen molar-refractivity contribution in [2.45, 2.75) is 45.4 Å². The van der Waals surface area contributed by atoms with Gasteiger partial charge in [-0.3, -0.25) is 4.79 Å². The lowest BCUT2D eigenvalue weighted by atomic mass is 10.1. The second kappa shape index (κ2) is 4.29. The molecule has 84 valence electrons. The van der Waals surface area contributed by atoms with E-state index in [0.29, 0.717) is 0 Å².